The number of phenolic OH excluding ortho intramolecular Hbond substituents is 1. The van der Waals surface area contributed by atoms with Gasteiger partial charge in [-0.2, -0.15) is 0 Å². The topological polar surface area (TPSA) is 52.5 Å². The molecular formula is C15H23NO2. The standard InChI is InChI=1S/C15H23NO2/c1-12-3-2-8-15(9-12,11-17)16-10-13-4-6-14(18)7-5-13/h4-7,12,16-18H,2-3,8-11H2,1H3. The van der Waals surface area contributed by atoms with Gasteiger partial charge in [0, 0.05) is 12.1 Å². The van der Waals surface area contributed by atoms with Crippen molar-refractivity contribution in [1.29, 1.82) is 0 Å². The third-order valence-corrected chi connectivity index (χ3v) is 4.00. The molecule has 3 heteroatoms. The van der Waals surface area contributed by atoms with Crippen molar-refractivity contribution in [3.63, 3.8) is 0 Å². The molecule has 1 fully saturated rings. The average Bonchev–Trinajstić information content (AvgIpc) is 2.38. The molecule has 2 unspecified atom stereocenters. The maximum atomic E-state index is 9.68. The number of nitrogens with one attached hydrogen (secondary N) is 1. The molecule has 0 aliphatic heterocycles. The summed E-state index contributed by atoms with van der Waals surface area (Å²) in [4.78, 5) is 0. The van der Waals surface area contributed by atoms with E-state index in [1.807, 2.05) is 12.1 Å². The highest BCUT2D eigenvalue weighted by Gasteiger charge is 2.33. The molecule has 100 valence electrons. The van der Waals surface area contributed by atoms with Crippen molar-refractivity contribution in [2.75, 3.05) is 6.61 Å². The second-order valence-corrected chi connectivity index (χ2v) is 5.66. The first-order valence-electron chi connectivity index (χ1n) is 6.77. The van der Waals surface area contributed by atoms with Gasteiger partial charge in [0.05, 0.1) is 6.61 Å². The lowest BCUT2D eigenvalue weighted by molar-refractivity contribution is 0.0982. The predicted molar refractivity (Wildman–Crippen MR) is 72.4 cm³/mol. The molecule has 2 atom stereocenters. The van der Waals surface area contributed by atoms with E-state index in [9.17, 15) is 10.2 Å². The van der Waals surface area contributed by atoms with Gasteiger partial charge in [-0.25, -0.2) is 0 Å². The SMILES string of the molecule is CC1CCCC(CO)(NCc2ccc(O)cc2)C1. The summed E-state index contributed by atoms with van der Waals surface area (Å²) in [5.41, 5.74) is 1.02. The molecule has 0 bridgehead atoms. The van der Waals surface area contributed by atoms with E-state index in [0.29, 0.717) is 11.7 Å². The van der Waals surface area contributed by atoms with E-state index in [2.05, 4.69) is 12.2 Å². The highest BCUT2D eigenvalue weighted by molar-refractivity contribution is 5.25. The molecule has 0 saturated heterocycles. The van der Waals surface area contributed by atoms with Crippen molar-refractivity contribution >= 4 is 0 Å². The molecule has 1 aromatic carbocycles. The summed E-state index contributed by atoms with van der Waals surface area (Å²) in [6.45, 7) is 3.20. The van der Waals surface area contributed by atoms with Crippen LogP contribution < -0.4 is 5.32 Å². The number of hydrogen-bond donors (Lipinski definition) is 3. The third kappa shape index (κ3) is 3.24. The van der Waals surface area contributed by atoms with Crippen LogP contribution in [0.5, 0.6) is 5.75 Å². The summed E-state index contributed by atoms with van der Waals surface area (Å²) >= 11 is 0. The molecular weight excluding hydrogens is 226 g/mol. The minimum Gasteiger partial charge on any atom is -0.508 e. The number of rotatable bonds is 4. The average molecular weight is 249 g/mol. The number of aliphatic hydroxyl groups is 1. The predicted octanol–water partition coefficient (Wildman–Crippen LogP) is 2.42. The Hall–Kier alpha value is -1.06. The van der Waals surface area contributed by atoms with Gasteiger partial charge in [0.15, 0.2) is 0 Å². The lowest BCUT2D eigenvalue weighted by atomic mass is 9.77. The van der Waals surface area contributed by atoms with Gasteiger partial charge in [0.1, 0.15) is 5.75 Å². The Kier molecular flexibility index (Phi) is 4.25. The molecule has 18 heavy (non-hydrogen) atoms. The molecule has 3 N–H and O–H groups in total. The van der Waals surface area contributed by atoms with Gasteiger partial charge in [0.25, 0.3) is 0 Å². The summed E-state index contributed by atoms with van der Waals surface area (Å²) in [6, 6.07) is 7.23. The van der Waals surface area contributed by atoms with Gasteiger partial charge in [-0.3, -0.25) is 0 Å². The molecule has 3 nitrogen and oxygen atoms in total. The van der Waals surface area contributed by atoms with Crippen molar-refractivity contribution in [2.45, 2.75) is 44.7 Å². The molecule has 1 aromatic rings. The third-order valence-electron chi connectivity index (χ3n) is 4.00. The normalized spacial score (nSPS) is 28.2. The Morgan fingerprint density at radius 2 is 2.06 bits per heavy atom. The molecule has 0 aromatic heterocycles. The quantitative estimate of drug-likeness (QED) is 0.768. The van der Waals surface area contributed by atoms with Crippen LogP contribution in [0.25, 0.3) is 0 Å². The smallest absolute Gasteiger partial charge is 0.115 e. The zero-order valence-corrected chi connectivity index (χ0v) is 11.0. The van der Waals surface area contributed by atoms with E-state index in [0.717, 1.165) is 24.9 Å². The van der Waals surface area contributed by atoms with E-state index in [1.165, 1.54) is 12.8 Å². The van der Waals surface area contributed by atoms with Crippen molar-refractivity contribution < 1.29 is 10.2 Å². The van der Waals surface area contributed by atoms with Crippen LogP contribution >= 0.6 is 0 Å². The van der Waals surface area contributed by atoms with E-state index in [-0.39, 0.29) is 12.1 Å². The fourth-order valence-electron chi connectivity index (χ4n) is 2.92. The summed E-state index contributed by atoms with van der Waals surface area (Å²) < 4.78 is 0. The summed E-state index contributed by atoms with van der Waals surface area (Å²) in [7, 11) is 0. The van der Waals surface area contributed by atoms with Crippen LogP contribution in [0.4, 0.5) is 0 Å². The highest BCUT2D eigenvalue weighted by atomic mass is 16.3. The summed E-state index contributed by atoms with van der Waals surface area (Å²) in [5, 5.41) is 22.4. The second kappa shape index (κ2) is 5.72. The minimum absolute atomic E-state index is 0.116. The Morgan fingerprint density at radius 1 is 1.33 bits per heavy atom. The van der Waals surface area contributed by atoms with Crippen LogP contribution in [0.15, 0.2) is 24.3 Å². The minimum atomic E-state index is -0.116. The monoisotopic (exact) mass is 249 g/mol. The Labute approximate surface area is 109 Å². The molecule has 0 spiro atoms. The molecule has 1 aliphatic rings. The molecule has 0 radical (unpaired) electrons. The van der Waals surface area contributed by atoms with E-state index >= 15 is 0 Å². The van der Waals surface area contributed by atoms with Gasteiger partial charge < -0.3 is 15.5 Å². The van der Waals surface area contributed by atoms with Gasteiger partial charge in [0.2, 0.25) is 0 Å². The first-order valence-corrected chi connectivity index (χ1v) is 6.77. The van der Waals surface area contributed by atoms with Crippen molar-refractivity contribution in [3.05, 3.63) is 29.8 Å². The van der Waals surface area contributed by atoms with Crippen LogP contribution in [0.2, 0.25) is 0 Å². The van der Waals surface area contributed by atoms with Crippen molar-refractivity contribution in [2.24, 2.45) is 5.92 Å². The lowest BCUT2D eigenvalue weighted by Gasteiger charge is -2.39. The Balaban J connectivity index is 1.96. The number of aliphatic hydroxyl groups excluding tert-OH is 1. The van der Waals surface area contributed by atoms with Crippen molar-refractivity contribution in [3.8, 4) is 5.75 Å². The molecule has 1 saturated carbocycles. The summed E-state index contributed by atoms with van der Waals surface area (Å²) in [6.07, 6.45) is 4.54. The van der Waals surface area contributed by atoms with E-state index in [4.69, 9.17) is 0 Å². The van der Waals surface area contributed by atoms with Gasteiger partial charge in [-0.05, 0) is 36.5 Å². The summed E-state index contributed by atoms with van der Waals surface area (Å²) in [5.74, 6) is 0.972. The number of phenols is 1. The van der Waals surface area contributed by atoms with Crippen LogP contribution in [0.1, 0.15) is 38.2 Å². The maximum absolute atomic E-state index is 9.68. The number of hydrogen-bond acceptors (Lipinski definition) is 3. The Bertz CT molecular complexity index is 377. The second-order valence-electron chi connectivity index (χ2n) is 5.66. The molecule has 2 rings (SSSR count). The first kappa shape index (κ1) is 13.4. The van der Waals surface area contributed by atoms with Gasteiger partial charge in [-0.15, -0.1) is 0 Å². The molecule has 1 aliphatic carbocycles. The molecule has 0 heterocycles. The van der Waals surface area contributed by atoms with Crippen LogP contribution in [-0.2, 0) is 6.54 Å². The van der Waals surface area contributed by atoms with Gasteiger partial charge in [-0.1, -0.05) is 31.9 Å². The van der Waals surface area contributed by atoms with Gasteiger partial charge >= 0.3 is 0 Å². The zero-order chi connectivity index (χ0) is 13.0. The zero-order valence-electron chi connectivity index (χ0n) is 11.0. The van der Waals surface area contributed by atoms with Crippen molar-refractivity contribution in [1.82, 2.24) is 5.32 Å². The largest absolute Gasteiger partial charge is 0.508 e. The first-order chi connectivity index (χ1) is 8.63. The number of benzene rings is 1. The van der Waals surface area contributed by atoms with E-state index in [1.54, 1.807) is 12.1 Å². The van der Waals surface area contributed by atoms with E-state index < -0.39 is 0 Å². The van der Waals surface area contributed by atoms with Crippen LogP contribution in [0, 0.1) is 5.92 Å². The Morgan fingerprint density at radius 3 is 2.67 bits per heavy atom. The van der Waals surface area contributed by atoms with Crippen LogP contribution in [0.3, 0.4) is 0 Å². The fraction of sp³-hybridized carbons (Fsp3) is 0.600. The highest BCUT2D eigenvalue weighted by Crippen LogP contribution is 2.32. The molecule has 0 amide bonds. The van der Waals surface area contributed by atoms with Crippen LogP contribution in [-0.4, -0.2) is 22.4 Å². The fourth-order valence-corrected chi connectivity index (χ4v) is 2.92. The maximum Gasteiger partial charge on any atom is 0.115 e. The lowest BCUT2D eigenvalue weighted by Crippen LogP contribution is -2.51. The number of aromatic hydroxyl groups is 1.